The van der Waals surface area contributed by atoms with Crippen molar-refractivity contribution in [2.24, 2.45) is 11.7 Å². The lowest BCUT2D eigenvalue weighted by Crippen LogP contribution is -2.29. The number of likely N-dealkylation sites (N-methyl/N-ethyl adjacent to an activating group) is 1. The van der Waals surface area contributed by atoms with E-state index in [0.717, 1.165) is 5.56 Å². The van der Waals surface area contributed by atoms with E-state index in [-0.39, 0.29) is 18.4 Å². The minimum absolute atomic E-state index is 0.170. The Balaban J connectivity index is 2.57. The first-order valence-corrected chi connectivity index (χ1v) is 6.76. The van der Waals surface area contributed by atoms with Gasteiger partial charge in [-0.05, 0) is 30.7 Å². The summed E-state index contributed by atoms with van der Waals surface area (Å²) in [5, 5.41) is 8.73. The molecule has 22 heavy (non-hydrogen) atoms. The highest BCUT2D eigenvalue weighted by Gasteiger charge is 2.08. The number of benzene rings is 1. The Labute approximate surface area is 129 Å². The van der Waals surface area contributed by atoms with E-state index < -0.39 is 5.91 Å². The zero-order valence-corrected chi connectivity index (χ0v) is 12.7. The zero-order chi connectivity index (χ0) is 16.5. The van der Waals surface area contributed by atoms with Crippen LogP contribution in [0.15, 0.2) is 30.3 Å². The molecule has 6 heteroatoms. The number of hydrogen-bond donors (Lipinski definition) is 1. The number of carbonyl (C=O) groups excluding carboxylic acids is 2. The van der Waals surface area contributed by atoms with Crippen molar-refractivity contribution in [2.45, 2.75) is 6.92 Å². The highest BCUT2D eigenvalue weighted by molar-refractivity contribution is 5.91. The maximum Gasteiger partial charge on any atom is 0.255 e. The molecule has 0 aliphatic rings. The Morgan fingerprint density at radius 3 is 2.59 bits per heavy atom. The van der Waals surface area contributed by atoms with E-state index in [1.165, 1.54) is 11.0 Å². The van der Waals surface area contributed by atoms with Crippen molar-refractivity contribution in [3.63, 3.8) is 0 Å². The van der Waals surface area contributed by atoms with Crippen LogP contribution in [0.1, 0.15) is 12.5 Å². The number of ether oxygens (including phenoxy) is 1. The number of nitriles is 1. The molecule has 116 valence electrons. The summed E-state index contributed by atoms with van der Waals surface area (Å²) in [6.45, 7) is 1.98. The molecule has 1 rings (SSSR count). The lowest BCUT2D eigenvalue weighted by Gasteiger charge is -2.15. The summed E-state index contributed by atoms with van der Waals surface area (Å²) >= 11 is 0. The van der Waals surface area contributed by atoms with Crippen LogP contribution in [-0.4, -0.2) is 36.9 Å². The van der Waals surface area contributed by atoms with Gasteiger partial charge >= 0.3 is 0 Å². The molecule has 0 spiro atoms. The molecule has 0 saturated carbocycles. The van der Waals surface area contributed by atoms with Crippen LogP contribution in [0.25, 0.3) is 6.08 Å². The molecule has 2 amide bonds. The average Bonchev–Trinajstić information content (AvgIpc) is 2.51. The van der Waals surface area contributed by atoms with E-state index in [9.17, 15) is 9.59 Å². The molecule has 0 fully saturated rings. The summed E-state index contributed by atoms with van der Waals surface area (Å²) in [6.07, 6.45) is 3.12. The molecule has 1 aromatic rings. The van der Waals surface area contributed by atoms with Crippen LogP contribution in [0.5, 0.6) is 5.75 Å². The molecule has 0 aliphatic carbocycles. The average molecular weight is 301 g/mol. The van der Waals surface area contributed by atoms with Crippen molar-refractivity contribution in [2.75, 3.05) is 20.2 Å². The van der Waals surface area contributed by atoms with Crippen LogP contribution < -0.4 is 10.5 Å². The van der Waals surface area contributed by atoms with Gasteiger partial charge in [0.25, 0.3) is 5.91 Å². The number of amides is 2. The SMILES string of the molecule is C[C@H](C#N)CN(C)C(=O)/C=C\c1ccc(OCC(N)=O)cc1. The van der Waals surface area contributed by atoms with Crippen LogP contribution in [0, 0.1) is 17.2 Å². The van der Waals surface area contributed by atoms with Crippen LogP contribution >= 0.6 is 0 Å². The summed E-state index contributed by atoms with van der Waals surface area (Å²) < 4.78 is 5.14. The van der Waals surface area contributed by atoms with E-state index in [1.807, 2.05) is 0 Å². The second-order valence-electron chi connectivity index (χ2n) is 4.91. The normalized spacial score (nSPS) is 11.7. The molecule has 0 heterocycles. The predicted octanol–water partition coefficient (Wildman–Crippen LogP) is 1.18. The van der Waals surface area contributed by atoms with Gasteiger partial charge in [0.2, 0.25) is 5.91 Å². The molecule has 0 aromatic heterocycles. The summed E-state index contributed by atoms with van der Waals surface area (Å²) in [4.78, 5) is 24.0. The van der Waals surface area contributed by atoms with Gasteiger partial charge in [-0.25, -0.2) is 0 Å². The maximum atomic E-state index is 11.9. The fourth-order valence-electron chi connectivity index (χ4n) is 1.67. The first-order valence-electron chi connectivity index (χ1n) is 6.76. The van der Waals surface area contributed by atoms with E-state index in [1.54, 1.807) is 44.3 Å². The van der Waals surface area contributed by atoms with Gasteiger partial charge < -0.3 is 15.4 Å². The fraction of sp³-hybridized carbons (Fsp3) is 0.312. The summed E-state index contributed by atoms with van der Waals surface area (Å²) in [5.41, 5.74) is 5.81. The molecular weight excluding hydrogens is 282 g/mol. The van der Waals surface area contributed by atoms with Gasteiger partial charge in [-0.2, -0.15) is 5.26 Å². The largest absolute Gasteiger partial charge is 0.484 e. The predicted molar refractivity (Wildman–Crippen MR) is 82.6 cm³/mol. The molecule has 0 unspecified atom stereocenters. The minimum atomic E-state index is -0.538. The molecule has 0 saturated heterocycles. The van der Waals surface area contributed by atoms with Crippen molar-refractivity contribution in [3.05, 3.63) is 35.9 Å². The first-order chi connectivity index (χ1) is 10.4. The smallest absolute Gasteiger partial charge is 0.255 e. The van der Waals surface area contributed by atoms with Crippen molar-refractivity contribution >= 4 is 17.9 Å². The lowest BCUT2D eigenvalue weighted by molar-refractivity contribution is -0.125. The number of carbonyl (C=O) groups is 2. The number of nitrogens with two attached hydrogens (primary N) is 1. The third-order valence-electron chi connectivity index (χ3n) is 2.82. The Kier molecular flexibility index (Phi) is 6.64. The van der Waals surface area contributed by atoms with Gasteiger partial charge in [-0.1, -0.05) is 12.1 Å². The molecular formula is C16H19N3O3. The van der Waals surface area contributed by atoms with Crippen LogP contribution in [0.3, 0.4) is 0 Å². The van der Waals surface area contributed by atoms with Crippen molar-refractivity contribution in [3.8, 4) is 11.8 Å². The van der Waals surface area contributed by atoms with Gasteiger partial charge in [0.05, 0.1) is 12.0 Å². The van der Waals surface area contributed by atoms with E-state index >= 15 is 0 Å². The van der Waals surface area contributed by atoms with E-state index in [2.05, 4.69) is 6.07 Å². The fourth-order valence-corrected chi connectivity index (χ4v) is 1.67. The van der Waals surface area contributed by atoms with E-state index in [0.29, 0.717) is 12.3 Å². The molecule has 1 atom stereocenters. The Hall–Kier alpha value is -2.81. The quantitative estimate of drug-likeness (QED) is 0.765. The number of hydrogen-bond acceptors (Lipinski definition) is 4. The highest BCUT2D eigenvalue weighted by Crippen LogP contribution is 2.13. The zero-order valence-electron chi connectivity index (χ0n) is 12.7. The third kappa shape index (κ3) is 6.09. The molecule has 6 nitrogen and oxygen atoms in total. The first kappa shape index (κ1) is 17.2. The second kappa shape index (κ2) is 8.47. The summed E-state index contributed by atoms with van der Waals surface area (Å²) in [5.74, 6) is -0.383. The van der Waals surface area contributed by atoms with Crippen LogP contribution in [-0.2, 0) is 9.59 Å². The van der Waals surface area contributed by atoms with Crippen LogP contribution in [0.2, 0.25) is 0 Å². The van der Waals surface area contributed by atoms with Gasteiger partial charge in [0.1, 0.15) is 5.75 Å². The van der Waals surface area contributed by atoms with Crippen molar-refractivity contribution in [1.29, 1.82) is 5.26 Å². The second-order valence-corrected chi connectivity index (χ2v) is 4.91. The summed E-state index contributed by atoms with van der Waals surface area (Å²) in [6, 6.07) is 8.99. The summed E-state index contributed by atoms with van der Waals surface area (Å²) in [7, 11) is 1.65. The monoisotopic (exact) mass is 301 g/mol. The molecule has 2 N–H and O–H groups in total. The van der Waals surface area contributed by atoms with Gasteiger partial charge in [-0.3, -0.25) is 9.59 Å². The number of rotatable bonds is 7. The Morgan fingerprint density at radius 2 is 2.05 bits per heavy atom. The molecule has 0 radical (unpaired) electrons. The van der Waals surface area contributed by atoms with Gasteiger partial charge in [-0.15, -0.1) is 0 Å². The van der Waals surface area contributed by atoms with Crippen molar-refractivity contribution < 1.29 is 14.3 Å². The molecule has 1 aromatic carbocycles. The van der Waals surface area contributed by atoms with Gasteiger partial charge in [0.15, 0.2) is 6.61 Å². The topological polar surface area (TPSA) is 96.4 Å². The minimum Gasteiger partial charge on any atom is -0.484 e. The van der Waals surface area contributed by atoms with E-state index in [4.69, 9.17) is 15.7 Å². The molecule has 0 aliphatic heterocycles. The molecule has 0 bridgehead atoms. The standard InChI is InChI=1S/C16H19N3O3/c1-12(9-17)10-19(2)16(21)8-5-13-3-6-14(7-4-13)22-11-15(18)20/h3-8,12H,10-11H2,1-2H3,(H2,18,20)/b8-5-/t12-/m1/s1. The lowest BCUT2D eigenvalue weighted by atomic mass is 10.2. The van der Waals surface area contributed by atoms with Crippen LogP contribution in [0.4, 0.5) is 0 Å². The van der Waals surface area contributed by atoms with Gasteiger partial charge in [0, 0.05) is 19.7 Å². The number of primary amides is 1. The third-order valence-corrected chi connectivity index (χ3v) is 2.82. The Bertz CT molecular complexity index is 588. The maximum absolute atomic E-state index is 11.9. The van der Waals surface area contributed by atoms with Crippen molar-refractivity contribution in [1.82, 2.24) is 4.90 Å². The Morgan fingerprint density at radius 1 is 1.41 bits per heavy atom. The highest BCUT2D eigenvalue weighted by atomic mass is 16.5. The number of nitrogens with zero attached hydrogens (tertiary/aromatic N) is 2.